The van der Waals surface area contributed by atoms with E-state index in [2.05, 4.69) is 301 Å². The highest BCUT2D eigenvalue weighted by molar-refractivity contribution is 6.22. The molecule has 0 unspecified atom stereocenters. The van der Waals surface area contributed by atoms with Crippen LogP contribution in [0.2, 0.25) is 0 Å². The molecule has 0 spiro atoms. The van der Waals surface area contributed by atoms with Gasteiger partial charge in [-0.1, -0.05) is 231 Å². The molecule has 2 heteroatoms. The average molecular weight is 941 g/mol. The predicted octanol–water partition coefficient (Wildman–Crippen LogP) is 20.0. The summed E-state index contributed by atoms with van der Waals surface area (Å²) in [7, 11) is 0. The van der Waals surface area contributed by atoms with Crippen LogP contribution in [0, 0.1) is 0 Å². The maximum absolute atomic E-state index is 2.42. The molecule has 0 radical (unpaired) electrons. The fourth-order valence-corrected chi connectivity index (χ4v) is 11.6. The second kappa shape index (κ2) is 18.1. The Bertz CT molecular complexity index is 4400. The van der Waals surface area contributed by atoms with Crippen LogP contribution in [-0.4, -0.2) is 4.57 Å². The highest BCUT2D eigenvalue weighted by atomic mass is 15.1. The van der Waals surface area contributed by atoms with Crippen LogP contribution in [0.5, 0.6) is 0 Å². The summed E-state index contributed by atoms with van der Waals surface area (Å²) < 4.78 is 2.42. The van der Waals surface area contributed by atoms with Crippen LogP contribution in [0.1, 0.15) is 0 Å². The summed E-state index contributed by atoms with van der Waals surface area (Å²) in [5.74, 6) is 0. The lowest BCUT2D eigenvalue weighted by Gasteiger charge is -2.27. The summed E-state index contributed by atoms with van der Waals surface area (Å²) in [6.07, 6.45) is 0. The van der Waals surface area contributed by atoms with Crippen molar-refractivity contribution in [3.05, 3.63) is 291 Å². The van der Waals surface area contributed by atoms with E-state index in [4.69, 9.17) is 0 Å². The molecule has 0 fully saturated rings. The number of benzene rings is 13. The van der Waals surface area contributed by atoms with Gasteiger partial charge in [-0.2, -0.15) is 0 Å². The minimum Gasteiger partial charge on any atom is -0.310 e. The number of rotatable bonds is 9. The summed E-state index contributed by atoms with van der Waals surface area (Å²) in [6.45, 7) is 0. The van der Waals surface area contributed by atoms with Gasteiger partial charge in [0.25, 0.3) is 0 Å². The molecule has 14 rings (SSSR count). The molecule has 346 valence electrons. The highest BCUT2D eigenvalue weighted by Gasteiger charge is 2.21. The molecule has 2 nitrogen and oxygen atoms in total. The third kappa shape index (κ3) is 7.35. The van der Waals surface area contributed by atoms with Gasteiger partial charge >= 0.3 is 0 Å². The molecule has 0 amide bonds. The van der Waals surface area contributed by atoms with Gasteiger partial charge < -0.3 is 9.47 Å². The minimum atomic E-state index is 1.07. The van der Waals surface area contributed by atoms with Crippen LogP contribution in [0.4, 0.5) is 17.1 Å². The Balaban J connectivity index is 0.946. The van der Waals surface area contributed by atoms with Gasteiger partial charge in [-0.05, 0) is 143 Å². The Morgan fingerprint density at radius 2 is 0.730 bits per heavy atom. The smallest absolute Gasteiger partial charge is 0.0619 e. The number of hydrogen-bond acceptors (Lipinski definition) is 1. The van der Waals surface area contributed by atoms with Crippen molar-refractivity contribution in [1.82, 2.24) is 4.57 Å². The molecule has 74 heavy (non-hydrogen) atoms. The van der Waals surface area contributed by atoms with Crippen LogP contribution in [0.3, 0.4) is 0 Å². The molecule has 0 bridgehead atoms. The first-order valence-electron chi connectivity index (χ1n) is 25.5. The van der Waals surface area contributed by atoms with E-state index in [1.165, 1.54) is 93.1 Å². The second-order valence-corrected chi connectivity index (χ2v) is 19.2. The number of para-hydroxylation sites is 3. The van der Waals surface area contributed by atoms with Crippen molar-refractivity contribution >= 4 is 71.2 Å². The molecule has 0 atom stereocenters. The van der Waals surface area contributed by atoms with Crippen LogP contribution >= 0.6 is 0 Å². The number of fused-ring (bicyclic) bond motifs is 7. The fourth-order valence-electron chi connectivity index (χ4n) is 11.6. The van der Waals surface area contributed by atoms with Crippen LogP contribution in [0.15, 0.2) is 291 Å². The fraction of sp³-hybridized carbons (Fsp3) is 0. The minimum absolute atomic E-state index is 1.07. The zero-order valence-electron chi connectivity index (χ0n) is 40.6. The largest absolute Gasteiger partial charge is 0.310 e. The average Bonchev–Trinajstić information content (AvgIpc) is 3.86. The standard InChI is InChI=1S/C72H48N2/c1-4-21-51(22-5-1)70-66-35-13-12-33-63(66)64-45-42-54(48-68(64)71(70)52-23-6-2-7-24-52)53-26-16-30-58(46-53)73(59-31-17-27-55(47-59)61-36-18-25-49-20-10-11-32-60(49)61)57-43-40-50(41-44-57)62-37-19-38-67-65-34-14-15-39-69(65)74(72(62)67)56-28-8-3-9-29-56/h1-48H. The van der Waals surface area contributed by atoms with E-state index < -0.39 is 0 Å². The zero-order valence-corrected chi connectivity index (χ0v) is 40.6. The van der Waals surface area contributed by atoms with Crippen molar-refractivity contribution < 1.29 is 0 Å². The molecule has 1 aromatic heterocycles. The first-order valence-corrected chi connectivity index (χ1v) is 25.5. The third-order valence-electron chi connectivity index (χ3n) is 14.9. The third-order valence-corrected chi connectivity index (χ3v) is 14.9. The van der Waals surface area contributed by atoms with Gasteiger partial charge in [-0.3, -0.25) is 0 Å². The van der Waals surface area contributed by atoms with Crippen LogP contribution < -0.4 is 4.90 Å². The molecule has 0 saturated heterocycles. The van der Waals surface area contributed by atoms with E-state index >= 15 is 0 Å². The molecule has 0 aliphatic heterocycles. The first-order chi connectivity index (χ1) is 36.7. The first kappa shape index (κ1) is 43.1. The Morgan fingerprint density at radius 1 is 0.243 bits per heavy atom. The lowest BCUT2D eigenvalue weighted by atomic mass is 9.84. The molecule has 13 aromatic carbocycles. The lowest BCUT2D eigenvalue weighted by molar-refractivity contribution is 1.18. The van der Waals surface area contributed by atoms with E-state index in [0.29, 0.717) is 0 Å². The van der Waals surface area contributed by atoms with Crippen molar-refractivity contribution in [3.63, 3.8) is 0 Å². The number of anilines is 3. The monoisotopic (exact) mass is 940 g/mol. The van der Waals surface area contributed by atoms with Crippen molar-refractivity contribution in [2.75, 3.05) is 4.90 Å². The maximum Gasteiger partial charge on any atom is 0.0619 e. The van der Waals surface area contributed by atoms with E-state index in [1.54, 1.807) is 0 Å². The van der Waals surface area contributed by atoms with Gasteiger partial charge in [0, 0.05) is 39.1 Å². The zero-order chi connectivity index (χ0) is 49.0. The van der Waals surface area contributed by atoms with E-state index in [9.17, 15) is 0 Å². The highest BCUT2D eigenvalue weighted by Crippen LogP contribution is 2.47. The summed E-state index contributed by atoms with van der Waals surface area (Å²) in [4.78, 5) is 2.42. The van der Waals surface area contributed by atoms with Crippen molar-refractivity contribution in [1.29, 1.82) is 0 Å². The van der Waals surface area contributed by atoms with Gasteiger partial charge in [0.15, 0.2) is 0 Å². The van der Waals surface area contributed by atoms with Crippen molar-refractivity contribution in [2.45, 2.75) is 0 Å². The van der Waals surface area contributed by atoms with Crippen LogP contribution in [0.25, 0.3) is 115 Å². The SMILES string of the molecule is c1ccc(-c2c(-c3ccccc3)c3cc(-c4cccc(N(c5ccc(-c6cccc7c8ccccc8n(-c8ccccc8)c67)cc5)c5cccc(-c6cccc7ccccc67)c5)c4)ccc3c3ccccc23)cc1. The number of aromatic nitrogens is 1. The predicted molar refractivity (Wildman–Crippen MR) is 315 cm³/mol. The Hall–Kier alpha value is -9.76. The molecule has 0 aliphatic rings. The van der Waals surface area contributed by atoms with E-state index in [0.717, 1.165) is 39.4 Å². The quantitative estimate of drug-likeness (QED) is 0.131. The summed E-state index contributed by atoms with van der Waals surface area (Å²) in [5, 5.41) is 9.92. The van der Waals surface area contributed by atoms with E-state index in [-0.39, 0.29) is 0 Å². The maximum atomic E-state index is 2.42. The summed E-state index contributed by atoms with van der Waals surface area (Å²) in [5.41, 5.74) is 18.7. The summed E-state index contributed by atoms with van der Waals surface area (Å²) >= 11 is 0. The number of nitrogens with zero attached hydrogens (tertiary/aromatic N) is 2. The molecule has 0 aliphatic carbocycles. The molecular weight excluding hydrogens is 893 g/mol. The molecular formula is C72H48N2. The lowest BCUT2D eigenvalue weighted by Crippen LogP contribution is -2.10. The van der Waals surface area contributed by atoms with E-state index in [1.807, 2.05) is 0 Å². The van der Waals surface area contributed by atoms with Crippen molar-refractivity contribution in [2.24, 2.45) is 0 Å². The topological polar surface area (TPSA) is 8.17 Å². The van der Waals surface area contributed by atoms with Crippen LogP contribution in [-0.2, 0) is 0 Å². The normalized spacial score (nSPS) is 11.5. The summed E-state index contributed by atoms with van der Waals surface area (Å²) in [6, 6.07) is 107. The molecule has 1 heterocycles. The van der Waals surface area contributed by atoms with Gasteiger partial charge in [0.2, 0.25) is 0 Å². The Labute approximate surface area is 430 Å². The molecule has 0 N–H and O–H groups in total. The van der Waals surface area contributed by atoms with Gasteiger partial charge in [0.05, 0.1) is 11.0 Å². The van der Waals surface area contributed by atoms with Crippen molar-refractivity contribution in [3.8, 4) is 61.3 Å². The molecule has 14 aromatic rings. The Kier molecular flexibility index (Phi) is 10.6. The molecule has 0 saturated carbocycles. The van der Waals surface area contributed by atoms with Gasteiger partial charge in [-0.25, -0.2) is 0 Å². The number of hydrogen-bond donors (Lipinski definition) is 0. The van der Waals surface area contributed by atoms with Gasteiger partial charge in [0.1, 0.15) is 0 Å². The second-order valence-electron chi connectivity index (χ2n) is 19.2. The Morgan fingerprint density at radius 3 is 1.47 bits per heavy atom. The van der Waals surface area contributed by atoms with Gasteiger partial charge in [-0.15, -0.1) is 0 Å².